The van der Waals surface area contributed by atoms with Gasteiger partial charge < -0.3 is 19.8 Å². The molecule has 1 aliphatic carbocycles. The number of halogens is 6. The summed E-state index contributed by atoms with van der Waals surface area (Å²) in [5, 5.41) is 22.4. The molecule has 2 aromatic heterocycles. The minimum absolute atomic E-state index is 0.0351. The Hall–Kier alpha value is -3.91. The number of phenolic OH excluding ortho intramolecular Hbond substituents is 1. The predicted octanol–water partition coefficient (Wildman–Crippen LogP) is 6.49. The lowest BCUT2D eigenvalue weighted by Gasteiger charge is -2.45. The average Bonchev–Trinajstić information content (AvgIpc) is 3.62. The van der Waals surface area contributed by atoms with Crippen LogP contribution in [0.2, 0.25) is 0 Å². The Bertz CT molecular complexity index is 1960. The van der Waals surface area contributed by atoms with Crippen LogP contribution in [0.3, 0.4) is 0 Å². The second-order valence-electron chi connectivity index (χ2n) is 14.0. The fourth-order valence-electron chi connectivity index (χ4n) is 9.07. The van der Waals surface area contributed by atoms with Gasteiger partial charge in [-0.3, -0.25) is 9.88 Å². The number of phenols is 1. The Morgan fingerprint density at radius 2 is 1.82 bits per heavy atom. The second kappa shape index (κ2) is 11.3. The van der Waals surface area contributed by atoms with Crippen molar-refractivity contribution in [1.29, 1.82) is 0 Å². The fraction of sp³-hybridized carbons (Fsp3) is 0.514. The molecular formula is C35H35F6N5O3. The topological polar surface area (TPSA) is 94.8 Å². The van der Waals surface area contributed by atoms with Crippen LogP contribution < -0.4 is 9.64 Å². The quantitative estimate of drug-likeness (QED) is 0.223. The van der Waals surface area contributed by atoms with Gasteiger partial charge in [0.1, 0.15) is 41.4 Å². The first-order valence-electron chi connectivity index (χ1n) is 16.7. The van der Waals surface area contributed by atoms with Gasteiger partial charge in [-0.1, -0.05) is 13.0 Å². The molecule has 2 aromatic carbocycles. The van der Waals surface area contributed by atoms with Gasteiger partial charge in [-0.25, -0.2) is 13.2 Å². The van der Waals surface area contributed by atoms with E-state index in [2.05, 4.69) is 15.0 Å². The largest absolute Gasteiger partial charge is 0.508 e. The molecule has 4 aliphatic rings. The third-order valence-corrected chi connectivity index (χ3v) is 11.4. The molecule has 8 nitrogen and oxygen atoms in total. The minimum atomic E-state index is -4.82. The maximum absolute atomic E-state index is 16.9. The molecule has 2 N–H and O–H groups in total. The Kier molecular flexibility index (Phi) is 7.45. The molecule has 3 saturated heterocycles. The summed E-state index contributed by atoms with van der Waals surface area (Å²) in [6.45, 7) is 2.40. The monoisotopic (exact) mass is 687 g/mol. The molecule has 4 fully saturated rings. The van der Waals surface area contributed by atoms with E-state index < -0.39 is 47.0 Å². The van der Waals surface area contributed by atoms with Gasteiger partial charge in [-0.15, -0.1) is 0 Å². The Morgan fingerprint density at radius 1 is 1.06 bits per heavy atom. The standard InChI is InChI=1S/C35H35F6N5O3/c1-2-23-26(37)7-4-18-10-22(47)11-24(27(18)23)29-28(38)30-25(13-42-29)31(45-14-19-5-6-20(15-45)34(19,48)35(39,40)41)44-32(43-30)49-17-33-8-3-9-46(33)16-21(36)12-33/h4,7,10-11,13,19-21,47-48H,2-3,5-6,8-9,12,14-17H2,1H3/t19-,20+,21-,33+,34?/m1/s1. The van der Waals surface area contributed by atoms with Crippen molar-refractivity contribution < 1.29 is 41.3 Å². The Balaban J connectivity index is 1.27. The third-order valence-electron chi connectivity index (χ3n) is 11.4. The zero-order valence-electron chi connectivity index (χ0n) is 26.7. The normalized spacial score (nSPS) is 28.6. The van der Waals surface area contributed by atoms with Crippen LogP contribution in [-0.2, 0) is 6.42 Å². The van der Waals surface area contributed by atoms with E-state index in [0.717, 1.165) is 6.42 Å². The Labute approximate surface area is 277 Å². The molecule has 1 unspecified atom stereocenters. The third kappa shape index (κ3) is 4.91. The van der Waals surface area contributed by atoms with Crippen molar-refractivity contribution in [3.8, 4) is 23.0 Å². The molecule has 260 valence electrons. The van der Waals surface area contributed by atoms with Crippen LogP contribution in [-0.4, -0.2) is 86.3 Å². The lowest BCUT2D eigenvalue weighted by Crippen LogP contribution is -2.61. The number of aromatic hydroxyl groups is 1. The van der Waals surface area contributed by atoms with Crippen LogP contribution in [0.5, 0.6) is 11.8 Å². The fourth-order valence-corrected chi connectivity index (χ4v) is 9.07. The number of alkyl halides is 4. The van der Waals surface area contributed by atoms with Crippen molar-refractivity contribution >= 4 is 27.5 Å². The van der Waals surface area contributed by atoms with E-state index in [9.17, 15) is 32.2 Å². The number of pyridine rings is 1. The van der Waals surface area contributed by atoms with Gasteiger partial charge in [0.15, 0.2) is 11.4 Å². The second-order valence-corrected chi connectivity index (χ2v) is 14.0. The zero-order chi connectivity index (χ0) is 34.5. The summed E-state index contributed by atoms with van der Waals surface area (Å²) in [6.07, 6.45) is -2.10. The van der Waals surface area contributed by atoms with Crippen molar-refractivity contribution in [3.05, 3.63) is 47.7 Å². The number of aliphatic hydroxyl groups is 1. The molecule has 0 amide bonds. The van der Waals surface area contributed by atoms with E-state index in [1.807, 2.05) is 4.90 Å². The summed E-state index contributed by atoms with van der Waals surface area (Å²) in [4.78, 5) is 17.1. The van der Waals surface area contributed by atoms with Crippen LogP contribution in [0.1, 0.15) is 44.6 Å². The molecule has 0 spiro atoms. The summed E-state index contributed by atoms with van der Waals surface area (Å²) >= 11 is 0. The molecule has 49 heavy (non-hydrogen) atoms. The molecule has 14 heteroatoms. The predicted molar refractivity (Wildman–Crippen MR) is 169 cm³/mol. The summed E-state index contributed by atoms with van der Waals surface area (Å²) in [6, 6.07) is 5.30. The van der Waals surface area contributed by atoms with Gasteiger partial charge in [0.05, 0.1) is 10.9 Å². The number of ether oxygens (including phenoxy) is 1. The molecule has 0 radical (unpaired) electrons. The molecule has 3 aliphatic heterocycles. The highest BCUT2D eigenvalue weighted by atomic mass is 19.4. The molecule has 8 rings (SSSR count). The molecule has 5 atom stereocenters. The first-order valence-corrected chi connectivity index (χ1v) is 16.7. The number of piperidine rings is 1. The number of benzene rings is 2. The smallest absolute Gasteiger partial charge is 0.417 e. The van der Waals surface area contributed by atoms with Crippen LogP contribution in [0.15, 0.2) is 30.5 Å². The number of nitrogens with zero attached hydrogens (tertiary/aromatic N) is 5. The molecule has 2 bridgehead atoms. The van der Waals surface area contributed by atoms with E-state index in [0.29, 0.717) is 29.3 Å². The maximum atomic E-state index is 16.9. The summed E-state index contributed by atoms with van der Waals surface area (Å²) in [5.74, 6) is -3.76. The number of hydrogen-bond donors (Lipinski definition) is 2. The number of aromatic nitrogens is 3. The van der Waals surface area contributed by atoms with E-state index in [4.69, 9.17) is 4.74 Å². The van der Waals surface area contributed by atoms with E-state index in [1.165, 1.54) is 30.5 Å². The van der Waals surface area contributed by atoms with Gasteiger partial charge in [-0.05, 0) is 73.2 Å². The number of fused-ring (bicyclic) bond motifs is 5. The lowest BCUT2D eigenvalue weighted by molar-refractivity contribution is -0.289. The number of anilines is 1. The first kappa shape index (κ1) is 32.3. The average molecular weight is 688 g/mol. The van der Waals surface area contributed by atoms with Crippen molar-refractivity contribution in [3.63, 3.8) is 0 Å². The van der Waals surface area contributed by atoms with Crippen molar-refractivity contribution in [1.82, 2.24) is 19.9 Å². The molecular weight excluding hydrogens is 652 g/mol. The highest BCUT2D eigenvalue weighted by molar-refractivity contribution is 6.01. The van der Waals surface area contributed by atoms with Gasteiger partial charge in [0.25, 0.3) is 0 Å². The van der Waals surface area contributed by atoms with E-state index >= 15 is 4.39 Å². The van der Waals surface area contributed by atoms with Crippen molar-refractivity contribution in [2.45, 2.75) is 68.9 Å². The molecule has 4 aromatic rings. The van der Waals surface area contributed by atoms with Gasteiger partial charge >= 0.3 is 12.2 Å². The van der Waals surface area contributed by atoms with Crippen LogP contribution in [0.25, 0.3) is 32.9 Å². The van der Waals surface area contributed by atoms with E-state index in [-0.39, 0.29) is 91.7 Å². The van der Waals surface area contributed by atoms with Gasteiger partial charge in [0, 0.05) is 49.7 Å². The lowest BCUT2D eigenvalue weighted by atomic mass is 9.79. The highest BCUT2D eigenvalue weighted by Gasteiger charge is 2.67. The summed E-state index contributed by atoms with van der Waals surface area (Å²) in [5.41, 5.74) is -3.41. The van der Waals surface area contributed by atoms with Crippen LogP contribution >= 0.6 is 0 Å². The zero-order valence-corrected chi connectivity index (χ0v) is 26.7. The first-order chi connectivity index (χ1) is 23.3. The summed E-state index contributed by atoms with van der Waals surface area (Å²) in [7, 11) is 0. The number of rotatable bonds is 6. The number of hydrogen-bond acceptors (Lipinski definition) is 8. The summed E-state index contributed by atoms with van der Waals surface area (Å²) < 4.78 is 94.9. The van der Waals surface area contributed by atoms with Crippen molar-refractivity contribution in [2.24, 2.45) is 11.8 Å². The maximum Gasteiger partial charge on any atom is 0.417 e. The van der Waals surface area contributed by atoms with Gasteiger partial charge in [-0.2, -0.15) is 23.1 Å². The van der Waals surface area contributed by atoms with Gasteiger partial charge in [0.2, 0.25) is 0 Å². The molecule has 5 heterocycles. The van der Waals surface area contributed by atoms with Crippen LogP contribution in [0, 0.1) is 23.5 Å². The highest BCUT2D eigenvalue weighted by Crippen LogP contribution is 2.54. The number of aryl methyl sites for hydroxylation is 1. The minimum Gasteiger partial charge on any atom is -0.508 e. The van der Waals surface area contributed by atoms with Crippen molar-refractivity contribution in [2.75, 3.05) is 37.7 Å². The van der Waals surface area contributed by atoms with E-state index in [1.54, 1.807) is 11.8 Å². The van der Waals surface area contributed by atoms with Crippen LogP contribution in [0.4, 0.5) is 32.2 Å². The SMILES string of the molecule is CCc1c(F)ccc2cc(O)cc(-c3ncc4c(N5C[C@H]6CC[C@@H](C5)C6(O)C(F)(F)F)nc(OC[C@@]56CCCN5C[C@H](F)C6)nc4c3F)c12. The molecule has 1 saturated carbocycles. The Morgan fingerprint density at radius 3 is 2.53 bits per heavy atom.